The van der Waals surface area contributed by atoms with Crippen LogP contribution in [0.3, 0.4) is 0 Å². The van der Waals surface area contributed by atoms with E-state index in [0.717, 1.165) is 12.2 Å². The maximum absolute atomic E-state index is 12.2. The van der Waals surface area contributed by atoms with Crippen LogP contribution in [-0.4, -0.2) is 60.8 Å². The maximum Gasteiger partial charge on any atom is 0.279 e. The number of likely N-dealkylation sites (tertiary alicyclic amines) is 1. The average molecular weight is 428 g/mol. The van der Waals surface area contributed by atoms with Crippen LogP contribution in [0, 0.1) is 18.8 Å². The predicted molar refractivity (Wildman–Crippen MR) is 105 cm³/mol. The zero-order valence-corrected chi connectivity index (χ0v) is 17.6. The lowest BCUT2D eigenvalue weighted by molar-refractivity contribution is 0.305. The van der Waals surface area contributed by atoms with E-state index in [-0.39, 0.29) is 36.4 Å². The number of H-pyrrole nitrogens is 1. The normalized spacial score (nSPS) is 23.5. The van der Waals surface area contributed by atoms with Gasteiger partial charge in [-0.05, 0) is 31.6 Å². The second kappa shape index (κ2) is 8.99. The van der Waals surface area contributed by atoms with Crippen molar-refractivity contribution in [3.05, 3.63) is 27.9 Å². The molecule has 1 aromatic rings. The summed E-state index contributed by atoms with van der Waals surface area (Å²) in [5.41, 5.74) is 0.571. The zero-order chi connectivity index (χ0) is 17.5. The van der Waals surface area contributed by atoms with Crippen molar-refractivity contribution < 1.29 is 8.42 Å². The molecule has 2 fully saturated rings. The van der Waals surface area contributed by atoms with Gasteiger partial charge in [0.05, 0.1) is 5.69 Å². The molecular formula is C15H27Cl2N5O3S. The lowest BCUT2D eigenvalue weighted by atomic mass is 9.99. The molecule has 1 aromatic heterocycles. The number of nitrogens with one attached hydrogen (secondary N) is 2. The van der Waals surface area contributed by atoms with Crippen LogP contribution in [-0.2, 0) is 16.8 Å². The minimum absolute atomic E-state index is 0. The number of hydrogen-bond acceptors (Lipinski definition) is 5. The number of aromatic nitrogens is 2. The summed E-state index contributed by atoms with van der Waals surface area (Å²) >= 11 is 0. The summed E-state index contributed by atoms with van der Waals surface area (Å²) in [5.74, 6) is 1.52. The van der Waals surface area contributed by atoms with Gasteiger partial charge < -0.3 is 4.98 Å². The number of rotatable bonds is 6. The summed E-state index contributed by atoms with van der Waals surface area (Å²) in [6.07, 6.45) is 2.34. The minimum Gasteiger partial charge on any atom is -0.311 e. The van der Waals surface area contributed by atoms with Crippen molar-refractivity contribution in [3.8, 4) is 0 Å². The molecule has 8 nitrogen and oxygen atoms in total. The zero-order valence-electron chi connectivity index (χ0n) is 15.1. The quantitative estimate of drug-likeness (QED) is 0.689. The van der Waals surface area contributed by atoms with Gasteiger partial charge in [-0.3, -0.25) is 9.69 Å². The van der Waals surface area contributed by atoms with Gasteiger partial charge in [0.1, 0.15) is 5.82 Å². The van der Waals surface area contributed by atoms with E-state index in [9.17, 15) is 13.2 Å². The standard InChI is InChI=1S/C15H25N5O3S.2ClH/c1-10-16-12(6-15(21)17-10)7-20-8-13(11-4-5-11)14(9-20)18-24(22,23)19(2)3;;/h6,11,13-14,18H,4-5,7-9H2,1-3H3,(H,16,17,21);2*1H/t13-,14+;;/m1../s1. The molecule has 3 rings (SSSR count). The van der Waals surface area contributed by atoms with E-state index in [4.69, 9.17) is 0 Å². The summed E-state index contributed by atoms with van der Waals surface area (Å²) in [6, 6.07) is 1.42. The molecule has 0 amide bonds. The summed E-state index contributed by atoms with van der Waals surface area (Å²) in [4.78, 5) is 20.8. The Morgan fingerprint density at radius 3 is 2.50 bits per heavy atom. The lowest BCUT2D eigenvalue weighted by Gasteiger charge is -2.21. The fourth-order valence-corrected chi connectivity index (χ4v) is 4.26. The highest BCUT2D eigenvalue weighted by molar-refractivity contribution is 7.87. The van der Waals surface area contributed by atoms with E-state index in [2.05, 4.69) is 19.6 Å². The fourth-order valence-electron chi connectivity index (χ4n) is 3.42. The number of aryl methyl sites for hydroxylation is 1. The molecule has 0 aromatic carbocycles. The molecule has 0 unspecified atom stereocenters. The third-order valence-corrected chi connectivity index (χ3v) is 6.31. The predicted octanol–water partition coefficient (Wildman–Crippen LogP) is 0.528. The number of halogens is 2. The molecule has 1 saturated carbocycles. The van der Waals surface area contributed by atoms with E-state index >= 15 is 0 Å². The van der Waals surface area contributed by atoms with Gasteiger partial charge in [0.15, 0.2) is 0 Å². The molecule has 0 radical (unpaired) electrons. The van der Waals surface area contributed by atoms with Crippen LogP contribution in [0.25, 0.3) is 0 Å². The van der Waals surface area contributed by atoms with Crippen molar-refractivity contribution >= 4 is 35.0 Å². The summed E-state index contributed by atoms with van der Waals surface area (Å²) in [5, 5.41) is 0. The number of nitrogens with zero attached hydrogens (tertiary/aromatic N) is 3. The Bertz CT molecular complexity index is 767. The van der Waals surface area contributed by atoms with Crippen LogP contribution in [0.4, 0.5) is 0 Å². The van der Waals surface area contributed by atoms with Gasteiger partial charge in [0, 0.05) is 45.8 Å². The molecular weight excluding hydrogens is 401 g/mol. The summed E-state index contributed by atoms with van der Waals surface area (Å²) in [6.45, 7) is 3.80. The Labute approximate surface area is 166 Å². The van der Waals surface area contributed by atoms with Gasteiger partial charge in [-0.15, -0.1) is 24.8 Å². The third-order valence-electron chi connectivity index (χ3n) is 4.75. The molecule has 1 aliphatic carbocycles. The first-order chi connectivity index (χ1) is 11.2. The Hall–Kier alpha value is -0.710. The molecule has 1 aliphatic heterocycles. The van der Waals surface area contributed by atoms with Gasteiger partial charge in [-0.2, -0.15) is 17.4 Å². The first-order valence-corrected chi connectivity index (χ1v) is 9.67. The Balaban J connectivity index is 0.00000169. The first-order valence-electron chi connectivity index (χ1n) is 8.23. The molecule has 2 atom stereocenters. The van der Waals surface area contributed by atoms with Crippen molar-refractivity contribution in [2.75, 3.05) is 27.2 Å². The van der Waals surface area contributed by atoms with E-state index in [0.29, 0.717) is 30.7 Å². The van der Waals surface area contributed by atoms with Crippen LogP contribution >= 0.6 is 24.8 Å². The molecule has 0 bridgehead atoms. The largest absolute Gasteiger partial charge is 0.311 e. The molecule has 2 heterocycles. The van der Waals surface area contributed by atoms with Gasteiger partial charge in [-0.25, -0.2) is 4.98 Å². The van der Waals surface area contributed by atoms with E-state index in [1.54, 1.807) is 6.92 Å². The van der Waals surface area contributed by atoms with Crippen molar-refractivity contribution in [1.82, 2.24) is 23.9 Å². The van der Waals surface area contributed by atoms with Crippen LogP contribution < -0.4 is 10.3 Å². The monoisotopic (exact) mass is 427 g/mol. The number of aromatic amines is 1. The van der Waals surface area contributed by atoms with E-state index in [1.807, 2.05) is 0 Å². The van der Waals surface area contributed by atoms with Crippen LogP contribution in [0.5, 0.6) is 0 Å². The Morgan fingerprint density at radius 2 is 1.96 bits per heavy atom. The molecule has 150 valence electrons. The van der Waals surface area contributed by atoms with Crippen LogP contribution in [0.15, 0.2) is 10.9 Å². The smallest absolute Gasteiger partial charge is 0.279 e. The third kappa shape index (κ3) is 5.64. The topological polar surface area (TPSA) is 98.4 Å². The van der Waals surface area contributed by atoms with Crippen molar-refractivity contribution in [1.29, 1.82) is 0 Å². The van der Waals surface area contributed by atoms with Crippen LogP contribution in [0.1, 0.15) is 24.4 Å². The second-order valence-corrected chi connectivity index (χ2v) is 8.95. The molecule has 1 saturated heterocycles. The molecule has 2 aliphatic rings. The van der Waals surface area contributed by atoms with Crippen molar-refractivity contribution in [3.63, 3.8) is 0 Å². The van der Waals surface area contributed by atoms with Gasteiger partial charge in [0.2, 0.25) is 0 Å². The van der Waals surface area contributed by atoms with Crippen molar-refractivity contribution in [2.24, 2.45) is 11.8 Å². The Morgan fingerprint density at radius 1 is 1.31 bits per heavy atom. The van der Waals surface area contributed by atoms with E-state index < -0.39 is 10.2 Å². The molecule has 11 heteroatoms. The van der Waals surface area contributed by atoms with Crippen LogP contribution in [0.2, 0.25) is 0 Å². The first kappa shape index (κ1) is 23.3. The highest BCUT2D eigenvalue weighted by Gasteiger charge is 2.44. The molecule has 26 heavy (non-hydrogen) atoms. The number of hydrogen-bond donors (Lipinski definition) is 2. The van der Waals surface area contributed by atoms with Crippen molar-refractivity contribution in [2.45, 2.75) is 32.4 Å². The fraction of sp³-hybridized carbons (Fsp3) is 0.733. The highest BCUT2D eigenvalue weighted by atomic mass is 35.5. The summed E-state index contributed by atoms with van der Waals surface area (Å²) in [7, 11) is -0.380. The molecule has 2 N–H and O–H groups in total. The highest BCUT2D eigenvalue weighted by Crippen LogP contribution is 2.41. The van der Waals surface area contributed by atoms with Gasteiger partial charge in [-0.1, -0.05) is 0 Å². The average Bonchev–Trinajstić information content (AvgIpc) is 3.21. The lowest BCUT2D eigenvalue weighted by Crippen LogP contribution is -2.46. The van der Waals surface area contributed by atoms with Gasteiger partial charge >= 0.3 is 0 Å². The second-order valence-electron chi connectivity index (χ2n) is 7.03. The molecule has 0 spiro atoms. The minimum atomic E-state index is -3.44. The maximum atomic E-state index is 12.2. The summed E-state index contributed by atoms with van der Waals surface area (Å²) < 4.78 is 28.4. The van der Waals surface area contributed by atoms with E-state index in [1.165, 1.54) is 37.3 Å². The SMILES string of the molecule is Cc1nc(CN2C[C@H](NS(=O)(=O)N(C)C)[C@@H](C3CC3)C2)cc(=O)[nH]1.Cl.Cl. The Kier molecular flexibility index (Phi) is 8.06. The van der Waals surface area contributed by atoms with Gasteiger partial charge in [0.25, 0.3) is 15.8 Å².